The van der Waals surface area contributed by atoms with Crippen molar-refractivity contribution in [2.24, 2.45) is 5.92 Å². The largest absolute Gasteiger partial charge is 0.289 e. The molecule has 84 valence electrons. The van der Waals surface area contributed by atoms with Crippen LogP contribution < -0.4 is 0 Å². The zero-order chi connectivity index (χ0) is 11.7. The number of hydrogen-bond acceptors (Lipinski definition) is 2. The average molecular weight is 232 g/mol. The number of carbonyl (C=O) groups excluding carboxylic acids is 1. The molecule has 2 rings (SSSR count). The minimum atomic E-state index is 0.219. The average Bonchev–Trinajstić information content (AvgIpc) is 2.54. The molecule has 1 aromatic rings. The normalized spacial score (nSPS) is 14.2. The first-order valence-corrected chi connectivity index (χ1v) is 6.77. The molecule has 2 heteroatoms. The monoisotopic (exact) mass is 232 g/mol. The van der Waals surface area contributed by atoms with Gasteiger partial charge in [0.1, 0.15) is 0 Å². The van der Waals surface area contributed by atoms with E-state index in [-0.39, 0.29) is 5.78 Å². The van der Waals surface area contributed by atoms with Crippen LogP contribution in [0.3, 0.4) is 0 Å². The van der Waals surface area contributed by atoms with Crippen LogP contribution in [-0.4, -0.2) is 12.0 Å². The summed E-state index contributed by atoms with van der Waals surface area (Å²) in [7, 11) is 0. The lowest BCUT2D eigenvalue weighted by Gasteiger charge is -2.03. The van der Waals surface area contributed by atoms with E-state index in [2.05, 4.69) is 32.2 Å². The first-order valence-electron chi connectivity index (χ1n) is 5.55. The van der Waals surface area contributed by atoms with Gasteiger partial charge in [-0.1, -0.05) is 13.8 Å². The van der Waals surface area contributed by atoms with Gasteiger partial charge in [0.25, 0.3) is 0 Å². The molecule has 0 N–H and O–H groups in total. The summed E-state index contributed by atoms with van der Waals surface area (Å²) in [6.45, 7) is 4.29. The third-order valence-electron chi connectivity index (χ3n) is 2.75. The van der Waals surface area contributed by atoms with E-state index in [1.54, 1.807) is 11.8 Å². The van der Waals surface area contributed by atoms with Gasteiger partial charge in [-0.15, -0.1) is 11.8 Å². The molecule has 0 spiro atoms. The van der Waals surface area contributed by atoms with Crippen LogP contribution in [0.15, 0.2) is 28.7 Å². The number of thioether (sulfide) groups is 1. The van der Waals surface area contributed by atoms with E-state index in [0.29, 0.717) is 5.92 Å². The van der Waals surface area contributed by atoms with Gasteiger partial charge in [0.05, 0.1) is 0 Å². The van der Waals surface area contributed by atoms with Crippen LogP contribution in [-0.2, 0) is 0 Å². The standard InChI is InChI=1S/C14H16OS/c1-9(2)6-11-7-10-8-12(16-3)4-5-13(10)14(11)15/h4-5,7-9H,6H2,1-3H3. The maximum absolute atomic E-state index is 12.1. The van der Waals surface area contributed by atoms with Crippen LogP contribution in [0.1, 0.15) is 36.2 Å². The lowest BCUT2D eigenvalue weighted by Crippen LogP contribution is -2.01. The molecular weight excluding hydrogens is 216 g/mol. The number of fused-ring (bicyclic) bond motifs is 1. The van der Waals surface area contributed by atoms with E-state index in [4.69, 9.17) is 0 Å². The van der Waals surface area contributed by atoms with E-state index in [0.717, 1.165) is 23.1 Å². The Kier molecular flexibility index (Phi) is 3.20. The summed E-state index contributed by atoms with van der Waals surface area (Å²) in [6.07, 6.45) is 4.98. The number of ketones is 1. The molecule has 1 nitrogen and oxygen atoms in total. The van der Waals surface area contributed by atoms with Crippen molar-refractivity contribution in [3.05, 3.63) is 34.9 Å². The first-order chi connectivity index (χ1) is 7.61. The van der Waals surface area contributed by atoms with E-state index >= 15 is 0 Å². The van der Waals surface area contributed by atoms with Crippen molar-refractivity contribution in [3.63, 3.8) is 0 Å². The highest BCUT2D eigenvalue weighted by Crippen LogP contribution is 2.31. The molecule has 0 heterocycles. The molecule has 0 radical (unpaired) electrons. The topological polar surface area (TPSA) is 17.1 Å². The third-order valence-corrected chi connectivity index (χ3v) is 3.48. The molecule has 0 aliphatic heterocycles. The molecule has 0 bridgehead atoms. The van der Waals surface area contributed by atoms with Gasteiger partial charge in [-0.05, 0) is 48.4 Å². The molecule has 0 saturated carbocycles. The Morgan fingerprint density at radius 1 is 1.31 bits per heavy atom. The quantitative estimate of drug-likeness (QED) is 0.732. The fourth-order valence-electron chi connectivity index (χ4n) is 2.01. The molecule has 1 aliphatic carbocycles. The number of benzene rings is 1. The third kappa shape index (κ3) is 2.07. The zero-order valence-electron chi connectivity index (χ0n) is 9.91. The Morgan fingerprint density at radius 3 is 2.69 bits per heavy atom. The molecule has 0 saturated heterocycles. The van der Waals surface area contributed by atoms with Gasteiger partial charge in [0.15, 0.2) is 5.78 Å². The summed E-state index contributed by atoms with van der Waals surface area (Å²) < 4.78 is 0. The van der Waals surface area contributed by atoms with Gasteiger partial charge >= 0.3 is 0 Å². The summed E-state index contributed by atoms with van der Waals surface area (Å²) in [5, 5.41) is 0. The van der Waals surface area contributed by atoms with Gasteiger partial charge < -0.3 is 0 Å². The summed E-state index contributed by atoms with van der Waals surface area (Å²) >= 11 is 1.71. The van der Waals surface area contributed by atoms with Gasteiger partial charge in [-0.25, -0.2) is 0 Å². The fraction of sp³-hybridized carbons (Fsp3) is 0.357. The molecule has 0 fully saturated rings. The van der Waals surface area contributed by atoms with E-state index < -0.39 is 0 Å². The molecule has 0 atom stereocenters. The van der Waals surface area contributed by atoms with Crippen molar-refractivity contribution < 1.29 is 4.79 Å². The second-order valence-corrected chi connectivity index (χ2v) is 5.43. The van der Waals surface area contributed by atoms with E-state index in [1.165, 1.54) is 4.90 Å². The lowest BCUT2D eigenvalue weighted by atomic mass is 10.0. The minimum Gasteiger partial charge on any atom is -0.289 e. The first kappa shape index (κ1) is 11.5. The molecule has 16 heavy (non-hydrogen) atoms. The maximum Gasteiger partial charge on any atom is 0.189 e. The summed E-state index contributed by atoms with van der Waals surface area (Å²) in [4.78, 5) is 13.3. The Labute approximate surface area is 101 Å². The van der Waals surface area contributed by atoms with Crippen LogP contribution in [0.4, 0.5) is 0 Å². The molecule has 0 aromatic heterocycles. The highest BCUT2D eigenvalue weighted by Gasteiger charge is 2.22. The van der Waals surface area contributed by atoms with Crippen molar-refractivity contribution in [2.75, 3.05) is 6.26 Å². The SMILES string of the molecule is CSc1ccc2c(c1)C=C(CC(C)C)C2=O. The summed E-state index contributed by atoms with van der Waals surface area (Å²) in [5.41, 5.74) is 2.92. The van der Waals surface area contributed by atoms with Crippen LogP contribution in [0, 0.1) is 5.92 Å². The number of carbonyl (C=O) groups is 1. The van der Waals surface area contributed by atoms with Crippen LogP contribution in [0.2, 0.25) is 0 Å². The number of allylic oxidation sites excluding steroid dienone is 1. The Hall–Kier alpha value is -1.02. The highest BCUT2D eigenvalue weighted by molar-refractivity contribution is 7.98. The number of Topliss-reactive ketones (excluding diaryl/α,β-unsaturated/α-hetero) is 1. The maximum atomic E-state index is 12.1. The molecule has 0 amide bonds. The summed E-state index contributed by atoms with van der Waals surface area (Å²) in [6, 6.07) is 6.08. The van der Waals surface area contributed by atoms with Crippen molar-refractivity contribution in [1.82, 2.24) is 0 Å². The predicted octanol–water partition coefficient (Wildman–Crippen LogP) is 4.03. The van der Waals surface area contributed by atoms with E-state index in [1.807, 2.05) is 12.1 Å². The Morgan fingerprint density at radius 2 is 2.06 bits per heavy atom. The molecule has 0 unspecified atom stereocenters. The van der Waals surface area contributed by atoms with Crippen LogP contribution in [0.5, 0.6) is 0 Å². The van der Waals surface area contributed by atoms with Crippen LogP contribution in [0.25, 0.3) is 6.08 Å². The fourth-order valence-corrected chi connectivity index (χ4v) is 2.46. The number of hydrogen-bond donors (Lipinski definition) is 0. The zero-order valence-corrected chi connectivity index (χ0v) is 10.7. The number of rotatable bonds is 3. The highest BCUT2D eigenvalue weighted by atomic mass is 32.2. The van der Waals surface area contributed by atoms with Gasteiger partial charge in [0, 0.05) is 16.0 Å². The van der Waals surface area contributed by atoms with Gasteiger partial charge in [0.2, 0.25) is 0 Å². The van der Waals surface area contributed by atoms with E-state index in [9.17, 15) is 4.79 Å². The van der Waals surface area contributed by atoms with Gasteiger partial charge in [-0.2, -0.15) is 0 Å². The molecule has 1 aliphatic rings. The predicted molar refractivity (Wildman–Crippen MR) is 70.0 cm³/mol. The smallest absolute Gasteiger partial charge is 0.189 e. The second kappa shape index (κ2) is 4.46. The van der Waals surface area contributed by atoms with Gasteiger partial charge in [-0.3, -0.25) is 4.79 Å². The van der Waals surface area contributed by atoms with Crippen LogP contribution >= 0.6 is 11.8 Å². The van der Waals surface area contributed by atoms with Crippen molar-refractivity contribution in [1.29, 1.82) is 0 Å². The molecular formula is C14H16OS. The van der Waals surface area contributed by atoms with Crippen molar-refractivity contribution in [3.8, 4) is 0 Å². The van der Waals surface area contributed by atoms with Crippen molar-refractivity contribution in [2.45, 2.75) is 25.2 Å². The minimum absolute atomic E-state index is 0.219. The summed E-state index contributed by atoms with van der Waals surface area (Å²) in [5.74, 6) is 0.751. The van der Waals surface area contributed by atoms with Crippen molar-refractivity contribution >= 4 is 23.6 Å². The lowest BCUT2D eigenvalue weighted by molar-refractivity contribution is 0.103. The molecule has 1 aromatic carbocycles. The Balaban J connectivity index is 2.34. The second-order valence-electron chi connectivity index (χ2n) is 4.55. The Bertz CT molecular complexity index is 458.